The lowest BCUT2D eigenvalue weighted by Crippen LogP contribution is -2.32. The zero-order valence-electron chi connectivity index (χ0n) is 6.90. The maximum atomic E-state index is 12.9. The second kappa shape index (κ2) is 3.64. The Kier molecular flexibility index (Phi) is 2.99. The number of alkyl halides is 3. The topological polar surface area (TPSA) is 26.0 Å². The highest BCUT2D eigenvalue weighted by atomic mass is 19.3. The van der Waals surface area contributed by atoms with Crippen molar-refractivity contribution in [3.05, 3.63) is 0 Å². The van der Waals surface area contributed by atoms with Crippen molar-refractivity contribution in [2.45, 2.75) is 37.8 Å². The van der Waals surface area contributed by atoms with Crippen molar-refractivity contribution in [3.63, 3.8) is 0 Å². The summed E-state index contributed by atoms with van der Waals surface area (Å²) in [6.45, 7) is -0.0454. The summed E-state index contributed by atoms with van der Waals surface area (Å²) < 4.78 is 38.1. The van der Waals surface area contributed by atoms with Crippen LogP contribution in [0.2, 0.25) is 0 Å². The molecule has 1 aliphatic rings. The number of hydrogen-bond acceptors (Lipinski definition) is 1. The lowest BCUT2D eigenvalue weighted by Gasteiger charge is -2.29. The average Bonchev–Trinajstić information content (AvgIpc) is 2.03. The fraction of sp³-hybridized carbons (Fsp3) is 1.00. The summed E-state index contributed by atoms with van der Waals surface area (Å²) in [7, 11) is 0. The van der Waals surface area contributed by atoms with Gasteiger partial charge in [-0.1, -0.05) is 0 Å². The average molecular weight is 181 g/mol. The standard InChI is InChI=1S/C8H14F3N/c9-7(5-12)6-1-3-8(10,11)4-2-6/h6-7H,1-5,12H2. The molecule has 1 unspecified atom stereocenters. The van der Waals surface area contributed by atoms with E-state index in [9.17, 15) is 13.2 Å². The fourth-order valence-electron chi connectivity index (χ4n) is 1.62. The van der Waals surface area contributed by atoms with Gasteiger partial charge in [0.1, 0.15) is 6.17 Å². The van der Waals surface area contributed by atoms with Crippen LogP contribution in [0.5, 0.6) is 0 Å². The van der Waals surface area contributed by atoms with Crippen molar-refractivity contribution in [3.8, 4) is 0 Å². The van der Waals surface area contributed by atoms with Crippen molar-refractivity contribution in [2.75, 3.05) is 6.54 Å². The maximum absolute atomic E-state index is 12.9. The van der Waals surface area contributed by atoms with E-state index in [1.165, 1.54) is 0 Å². The van der Waals surface area contributed by atoms with E-state index in [1.807, 2.05) is 0 Å². The molecule has 1 fully saturated rings. The van der Waals surface area contributed by atoms with Gasteiger partial charge in [0.2, 0.25) is 5.92 Å². The van der Waals surface area contributed by atoms with Crippen molar-refractivity contribution in [2.24, 2.45) is 11.7 Å². The van der Waals surface area contributed by atoms with Crippen LogP contribution in [0.15, 0.2) is 0 Å². The molecule has 0 radical (unpaired) electrons. The molecule has 0 heterocycles. The predicted octanol–water partition coefficient (Wildman–Crippen LogP) is 2.11. The summed E-state index contributed by atoms with van der Waals surface area (Å²) in [5, 5.41) is 0. The van der Waals surface area contributed by atoms with Gasteiger partial charge < -0.3 is 5.73 Å². The van der Waals surface area contributed by atoms with Gasteiger partial charge in [-0.3, -0.25) is 0 Å². The van der Waals surface area contributed by atoms with Crippen LogP contribution in [0.25, 0.3) is 0 Å². The largest absolute Gasteiger partial charge is 0.328 e. The zero-order valence-corrected chi connectivity index (χ0v) is 6.90. The van der Waals surface area contributed by atoms with E-state index in [1.54, 1.807) is 0 Å². The smallest absolute Gasteiger partial charge is 0.248 e. The van der Waals surface area contributed by atoms with E-state index in [-0.39, 0.29) is 38.1 Å². The maximum Gasteiger partial charge on any atom is 0.248 e. The molecule has 12 heavy (non-hydrogen) atoms. The molecule has 0 amide bonds. The lowest BCUT2D eigenvalue weighted by molar-refractivity contribution is -0.0537. The highest BCUT2D eigenvalue weighted by Crippen LogP contribution is 2.37. The molecule has 1 saturated carbocycles. The Morgan fingerprint density at radius 2 is 1.83 bits per heavy atom. The van der Waals surface area contributed by atoms with Gasteiger partial charge in [0.15, 0.2) is 0 Å². The third-order valence-electron chi connectivity index (χ3n) is 2.50. The normalized spacial score (nSPS) is 27.0. The van der Waals surface area contributed by atoms with E-state index in [0.29, 0.717) is 0 Å². The van der Waals surface area contributed by atoms with Gasteiger partial charge in [-0.05, 0) is 18.8 Å². The highest BCUT2D eigenvalue weighted by molar-refractivity contribution is 4.81. The Labute approximate surface area is 70.1 Å². The number of rotatable bonds is 2. The summed E-state index contributed by atoms with van der Waals surface area (Å²) in [5.74, 6) is -2.81. The molecule has 4 heteroatoms. The Morgan fingerprint density at radius 1 is 1.33 bits per heavy atom. The second-order valence-electron chi connectivity index (χ2n) is 3.45. The van der Waals surface area contributed by atoms with Crippen LogP contribution < -0.4 is 5.73 Å². The molecule has 2 N–H and O–H groups in total. The molecule has 0 aliphatic heterocycles. The van der Waals surface area contributed by atoms with E-state index in [0.717, 1.165) is 0 Å². The molecular formula is C8H14F3N. The fourth-order valence-corrected chi connectivity index (χ4v) is 1.62. The number of nitrogens with two attached hydrogens (primary N) is 1. The van der Waals surface area contributed by atoms with Gasteiger partial charge >= 0.3 is 0 Å². The van der Waals surface area contributed by atoms with Gasteiger partial charge in [0.25, 0.3) is 0 Å². The van der Waals surface area contributed by atoms with Crippen molar-refractivity contribution >= 4 is 0 Å². The monoisotopic (exact) mass is 181 g/mol. The third-order valence-corrected chi connectivity index (χ3v) is 2.50. The number of hydrogen-bond donors (Lipinski definition) is 1. The lowest BCUT2D eigenvalue weighted by atomic mass is 9.84. The Balaban J connectivity index is 2.36. The zero-order chi connectivity index (χ0) is 9.19. The molecule has 0 aromatic rings. The van der Waals surface area contributed by atoms with Crippen molar-refractivity contribution in [1.29, 1.82) is 0 Å². The molecule has 0 aromatic heterocycles. The second-order valence-corrected chi connectivity index (χ2v) is 3.45. The van der Waals surface area contributed by atoms with Crippen molar-refractivity contribution < 1.29 is 13.2 Å². The van der Waals surface area contributed by atoms with Gasteiger partial charge in [0.05, 0.1) is 0 Å². The van der Waals surface area contributed by atoms with Gasteiger partial charge in [-0.15, -0.1) is 0 Å². The Morgan fingerprint density at radius 3 is 2.25 bits per heavy atom. The van der Waals surface area contributed by atoms with Crippen molar-refractivity contribution in [1.82, 2.24) is 0 Å². The van der Waals surface area contributed by atoms with E-state index in [2.05, 4.69) is 0 Å². The van der Waals surface area contributed by atoms with Gasteiger partial charge in [0, 0.05) is 19.4 Å². The molecule has 0 aromatic carbocycles. The molecule has 0 bridgehead atoms. The third kappa shape index (κ3) is 2.37. The van der Waals surface area contributed by atoms with E-state index >= 15 is 0 Å². The summed E-state index contributed by atoms with van der Waals surface area (Å²) >= 11 is 0. The van der Waals surface area contributed by atoms with Gasteiger partial charge in [-0.25, -0.2) is 13.2 Å². The Hall–Kier alpha value is -0.250. The Bertz CT molecular complexity index is 139. The van der Waals surface area contributed by atoms with Crippen LogP contribution in [-0.2, 0) is 0 Å². The summed E-state index contributed by atoms with van der Waals surface area (Å²) in [5.41, 5.74) is 5.11. The minimum atomic E-state index is -2.56. The molecular weight excluding hydrogens is 167 g/mol. The first-order valence-electron chi connectivity index (χ1n) is 4.27. The summed E-state index contributed by atoms with van der Waals surface area (Å²) in [6, 6.07) is 0. The predicted molar refractivity (Wildman–Crippen MR) is 40.9 cm³/mol. The SMILES string of the molecule is NCC(F)C1CCC(F)(F)CC1. The molecule has 1 rings (SSSR count). The van der Waals surface area contributed by atoms with Crippen LogP contribution >= 0.6 is 0 Å². The molecule has 0 spiro atoms. The highest BCUT2D eigenvalue weighted by Gasteiger charge is 2.37. The van der Waals surface area contributed by atoms with Crippen LogP contribution in [0, 0.1) is 5.92 Å². The molecule has 1 atom stereocenters. The van der Waals surface area contributed by atoms with Crippen LogP contribution in [0.3, 0.4) is 0 Å². The van der Waals surface area contributed by atoms with E-state index < -0.39 is 12.1 Å². The first-order valence-corrected chi connectivity index (χ1v) is 4.27. The molecule has 1 nitrogen and oxygen atoms in total. The quantitative estimate of drug-likeness (QED) is 0.693. The summed E-state index contributed by atoms with van der Waals surface area (Å²) in [4.78, 5) is 0. The first-order chi connectivity index (χ1) is 5.55. The van der Waals surface area contributed by atoms with Crippen LogP contribution in [-0.4, -0.2) is 18.6 Å². The molecule has 72 valence electrons. The minimum Gasteiger partial charge on any atom is -0.328 e. The first kappa shape index (κ1) is 9.84. The van der Waals surface area contributed by atoms with E-state index in [4.69, 9.17) is 5.73 Å². The minimum absolute atomic E-state index is 0.0454. The number of halogens is 3. The van der Waals surface area contributed by atoms with Gasteiger partial charge in [-0.2, -0.15) is 0 Å². The van der Waals surface area contributed by atoms with Crippen LogP contribution in [0.1, 0.15) is 25.7 Å². The molecule has 0 saturated heterocycles. The summed E-state index contributed by atoms with van der Waals surface area (Å²) in [6.07, 6.45) is -0.923. The molecule has 1 aliphatic carbocycles. The van der Waals surface area contributed by atoms with Crippen LogP contribution in [0.4, 0.5) is 13.2 Å².